The Kier molecular flexibility index (Phi) is 3.78. The predicted octanol–water partition coefficient (Wildman–Crippen LogP) is 3.31. The number of hydrogen-bond donors (Lipinski definition) is 4. The lowest BCUT2D eigenvalue weighted by Crippen LogP contribution is -1.74. The van der Waals surface area contributed by atoms with Gasteiger partial charge in [-0.3, -0.25) is 0 Å². The Morgan fingerprint density at radius 2 is 1.00 bits per heavy atom. The molecule has 2 aromatic carbocycles. The van der Waals surface area contributed by atoms with Gasteiger partial charge in [-0.25, -0.2) is 0 Å². The van der Waals surface area contributed by atoms with Gasteiger partial charge in [-0.15, -0.1) is 0 Å². The summed E-state index contributed by atoms with van der Waals surface area (Å²) in [6.45, 7) is 0. The second-order valence-electron chi connectivity index (χ2n) is 3.47. The fourth-order valence-corrected chi connectivity index (χ4v) is 3.34. The van der Waals surface area contributed by atoms with Gasteiger partial charge in [0, 0.05) is 12.1 Å². The van der Waals surface area contributed by atoms with Gasteiger partial charge in [0.1, 0.15) is 23.0 Å². The molecule has 0 atom stereocenters. The monoisotopic (exact) mass is 282 g/mol. The summed E-state index contributed by atoms with van der Waals surface area (Å²) >= 11 is 0. The second-order valence-corrected chi connectivity index (χ2v) is 5.68. The topological polar surface area (TPSA) is 80.9 Å². The first-order valence-corrected chi connectivity index (χ1v) is 7.10. The zero-order chi connectivity index (χ0) is 13.1. The Morgan fingerprint density at radius 3 is 1.33 bits per heavy atom. The molecule has 0 radical (unpaired) electrons. The maximum atomic E-state index is 9.59. The standard InChI is InChI=1S/C12H10O4S2/c13-7-1-3-11(9(15)5-7)17-18-12-4-2-8(14)6-10(12)16/h1-6,13-16H. The third-order valence-corrected chi connectivity index (χ3v) is 4.57. The van der Waals surface area contributed by atoms with Crippen LogP contribution < -0.4 is 0 Å². The minimum Gasteiger partial charge on any atom is -0.508 e. The van der Waals surface area contributed by atoms with Crippen LogP contribution in [0.15, 0.2) is 46.2 Å². The molecule has 0 aromatic heterocycles. The van der Waals surface area contributed by atoms with Crippen LogP contribution in [0, 0.1) is 0 Å². The van der Waals surface area contributed by atoms with Crippen LogP contribution in [0.5, 0.6) is 23.0 Å². The van der Waals surface area contributed by atoms with Crippen molar-refractivity contribution in [1.29, 1.82) is 0 Å². The van der Waals surface area contributed by atoms with Gasteiger partial charge in [0.2, 0.25) is 0 Å². The van der Waals surface area contributed by atoms with Crippen LogP contribution in [0.4, 0.5) is 0 Å². The molecule has 0 unspecified atom stereocenters. The highest BCUT2D eigenvalue weighted by Gasteiger charge is 2.07. The van der Waals surface area contributed by atoms with Gasteiger partial charge in [0.15, 0.2) is 0 Å². The lowest BCUT2D eigenvalue weighted by molar-refractivity contribution is 0.440. The fraction of sp³-hybridized carbons (Fsp3) is 0. The van der Waals surface area contributed by atoms with E-state index in [0.717, 1.165) is 0 Å². The Balaban J connectivity index is 2.11. The van der Waals surface area contributed by atoms with Crippen LogP contribution in [-0.2, 0) is 0 Å². The van der Waals surface area contributed by atoms with Gasteiger partial charge in [-0.2, -0.15) is 0 Å². The van der Waals surface area contributed by atoms with E-state index in [1.165, 1.54) is 45.9 Å². The van der Waals surface area contributed by atoms with Crippen LogP contribution in [-0.4, -0.2) is 20.4 Å². The molecular formula is C12H10O4S2. The molecule has 0 fully saturated rings. The molecular weight excluding hydrogens is 272 g/mol. The van der Waals surface area contributed by atoms with Gasteiger partial charge in [0.25, 0.3) is 0 Å². The lowest BCUT2D eigenvalue weighted by Gasteiger charge is -2.06. The number of phenols is 4. The molecule has 0 saturated heterocycles. The molecule has 0 bridgehead atoms. The van der Waals surface area contributed by atoms with E-state index in [-0.39, 0.29) is 23.0 Å². The largest absolute Gasteiger partial charge is 0.508 e. The van der Waals surface area contributed by atoms with Crippen molar-refractivity contribution >= 4 is 21.6 Å². The summed E-state index contributed by atoms with van der Waals surface area (Å²) in [4.78, 5) is 1.15. The van der Waals surface area contributed by atoms with Gasteiger partial charge in [0.05, 0.1) is 9.79 Å². The third-order valence-electron chi connectivity index (χ3n) is 2.11. The number of phenolic OH excluding ortho intramolecular Hbond substituents is 4. The molecule has 4 nitrogen and oxygen atoms in total. The van der Waals surface area contributed by atoms with Crippen molar-refractivity contribution in [2.75, 3.05) is 0 Å². The van der Waals surface area contributed by atoms with Crippen molar-refractivity contribution in [2.45, 2.75) is 9.79 Å². The van der Waals surface area contributed by atoms with Crippen LogP contribution in [0.25, 0.3) is 0 Å². The minimum atomic E-state index is -0.0224. The van der Waals surface area contributed by atoms with E-state index in [9.17, 15) is 10.2 Å². The summed E-state index contributed by atoms with van der Waals surface area (Å²) in [5.74, 6) is -0.0554. The molecule has 94 valence electrons. The normalized spacial score (nSPS) is 10.4. The summed E-state index contributed by atoms with van der Waals surface area (Å²) in [6.07, 6.45) is 0. The Morgan fingerprint density at radius 1 is 0.611 bits per heavy atom. The molecule has 2 rings (SSSR count). The molecule has 4 N–H and O–H groups in total. The van der Waals surface area contributed by atoms with Gasteiger partial charge >= 0.3 is 0 Å². The summed E-state index contributed by atoms with van der Waals surface area (Å²) in [6, 6.07) is 8.61. The van der Waals surface area contributed by atoms with E-state index in [2.05, 4.69) is 0 Å². The van der Waals surface area contributed by atoms with Crippen molar-refractivity contribution in [3.05, 3.63) is 36.4 Å². The van der Waals surface area contributed by atoms with Gasteiger partial charge in [-0.05, 0) is 45.9 Å². The SMILES string of the molecule is Oc1ccc(SSc2ccc(O)cc2O)c(O)c1. The molecule has 0 aliphatic carbocycles. The molecule has 0 heterocycles. The lowest BCUT2D eigenvalue weighted by atomic mass is 10.3. The van der Waals surface area contributed by atoms with Crippen molar-refractivity contribution in [2.24, 2.45) is 0 Å². The van der Waals surface area contributed by atoms with E-state index < -0.39 is 0 Å². The zero-order valence-electron chi connectivity index (χ0n) is 9.07. The molecule has 0 aliphatic heterocycles. The smallest absolute Gasteiger partial charge is 0.133 e. The molecule has 0 spiro atoms. The first kappa shape index (κ1) is 12.8. The molecule has 0 amide bonds. The highest BCUT2D eigenvalue weighted by atomic mass is 33.1. The molecule has 0 aliphatic rings. The van der Waals surface area contributed by atoms with Crippen molar-refractivity contribution in [3.8, 4) is 23.0 Å². The van der Waals surface area contributed by atoms with Crippen LogP contribution in [0.3, 0.4) is 0 Å². The van der Waals surface area contributed by atoms with Crippen LogP contribution in [0.2, 0.25) is 0 Å². The van der Waals surface area contributed by atoms with E-state index in [1.54, 1.807) is 12.1 Å². The van der Waals surface area contributed by atoms with Gasteiger partial charge < -0.3 is 20.4 Å². The Bertz CT molecular complexity index is 520. The number of benzene rings is 2. The fourth-order valence-electron chi connectivity index (χ4n) is 1.24. The van der Waals surface area contributed by atoms with Crippen molar-refractivity contribution < 1.29 is 20.4 Å². The summed E-state index contributed by atoms with van der Waals surface area (Å²) in [7, 11) is 2.49. The number of rotatable bonds is 3. The first-order chi connectivity index (χ1) is 8.56. The maximum absolute atomic E-state index is 9.59. The van der Waals surface area contributed by atoms with Crippen molar-refractivity contribution in [1.82, 2.24) is 0 Å². The Hall–Kier alpha value is -1.66. The Labute approximate surface area is 111 Å². The quantitative estimate of drug-likeness (QED) is 0.647. The third kappa shape index (κ3) is 2.96. The van der Waals surface area contributed by atoms with Gasteiger partial charge in [-0.1, -0.05) is 0 Å². The summed E-state index contributed by atoms with van der Waals surface area (Å²) in [5, 5.41) is 37.5. The summed E-state index contributed by atoms with van der Waals surface area (Å²) < 4.78 is 0. The van der Waals surface area contributed by atoms with Crippen LogP contribution in [0.1, 0.15) is 0 Å². The van der Waals surface area contributed by atoms with E-state index in [4.69, 9.17) is 10.2 Å². The summed E-state index contributed by atoms with van der Waals surface area (Å²) in [5.41, 5.74) is 0. The predicted molar refractivity (Wildman–Crippen MR) is 71.3 cm³/mol. The first-order valence-electron chi connectivity index (χ1n) is 4.95. The number of aromatic hydroxyl groups is 4. The zero-order valence-corrected chi connectivity index (χ0v) is 10.7. The maximum Gasteiger partial charge on any atom is 0.133 e. The molecule has 2 aromatic rings. The minimum absolute atomic E-state index is 0.00525. The van der Waals surface area contributed by atoms with Crippen LogP contribution >= 0.6 is 21.6 Å². The number of hydrogen-bond acceptors (Lipinski definition) is 6. The molecule has 0 saturated carbocycles. The average molecular weight is 282 g/mol. The highest BCUT2D eigenvalue weighted by molar-refractivity contribution is 8.76. The van der Waals surface area contributed by atoms with E-state index in [1.807, 2.05) is 0 Å². The molecule has 6 heteroatoms. The highest BCUT2D eigenvalue weighted by Crippen LogP contribution is 2.45. The average Bonchev–Trinajstić information content (AvgIpc) is 2.30. The van der Waals surface area contributed by atoms with E-state index in [0.29, 0.717) is 9.79 Å². The second kappa shape index (κ2) is 5.32. The molecule has 18 heavy (non-hydrogen) atoms. The van der Waals surface area contributed by atoms with E-state index >= 15 is 0 Å². The van der Waals surface area contributed by atoms with Crippen molar-refractivity contribution in [3.63, 3.8) is 0 Å².